The van der Waals surface area contributed by atoms with E-state index in [2.05, 4.69) is 24.1 Å². The Balaban J connectivity index is 0.00000625. The first-order valence-corrected chi connectivity index (χ1v) is 10.8. The normalized spacial score (nSPS) is 16.2. The number of hydrogen-bond donors (Lipinski definition) is 2. The molecule has 1 heterocycles. The summed E-state index contributed by atoms with van der Waals surface area (Å²) in [6.07, 6.45) is 27.6. The Labute approximate surface area is 161 Å². The zero-order valence-electron chi connectivity index (χ0n) is 17.0. The van der Waals surface area contributed by atoms with Gasteiger partial charge in [-0.05, 0) is 12.8 Å². The van der Waals surface area contributed by atoms with Gasteiger partial charge in [-0.25, -0.2) is 0 Å². The van der Waals surface area contributed by atoms with E-state index in [0.29, 0.717) is 6.54 Å². The highest BCUT2D eigenvalue weighted by molar-refractivity contribution is 5.87. The van der Waals surface area contributed by atoms with Crippen molar-refractivity contribution < 1.29 is 15.5 Å². The Morgan fingerprint density at radius 1 is 0.885 bits per heavy atom. The van der Waals surface area contributed by atoms with E-state index in [-0.39, 0.29) is 12.1 Å². The molecule has 1 rings (SSSR count). The third kappa shape index (κ3) is 13.3. The standard InChI is InChI=1S/C22H40N2O.H2O/c1-2-3-4-5-6-7-8-9-10-11-12-13-14-15-16-17-22-23-18-19-24(22)20-21-25;/h16-19,25H,2-15,20-21H2,1H3;1H2. The lowest BCUT2D eigenvalue weighted by Gasteiger charge is -2.07. The highest BCUT2D eigenvalue weighted by atomic mass is 16.3. The Morgan fingerprint density at radius 2 is 1.42 bits per heavy atom. The van der Waals surface area contributed by atoms with Gasteiger partial charge in [-0.15, -0.1) is 0 Å². The third-order valence-electron chi connectivity index (χ3n) is 4.95. The van der Waals surface area contributed by atoms with Gasteiger partial charge >= 0.3 is 0 Å². The van der Waals surface area contributed by atoms with Crippen molar-refractivity contribution in [3.63, 3.8) is 0 Å². The zero-order valence-corrected chi connectivity index (χ0v) is 17.0. The summed E-state index contributed by atoms with van der Waals surface area (Å²) in [7, 11) is 0. The lowest BCUT2D eigenvalue weighted by atomic mass is 10.0. The van der Waals surface area contributed by atoms with Crippen LogP contribution in [0.4, 0.5) is 0 Å². The molecule has 1 aliphatic heterocycles. The molecule has 1 unspecified atom stereocenters. The fourth-order valence-corrected chi connectivity index (χ4v) is 3.33. The van der Waals surface area contributed by atoms with E-state index >= 15 is 0 Å². The smallest absolute Gasteiger partial charge is 0.230 e. The Bertz CT molecular complexity index is 392. The number of allylic oxidation sites excluding steroid dienone is 1. The zero-order chi connectivity index (χ0) is 18.0. The van der Waals surface area contributed by atoms with Crippen LogP contribution in [0.2, 0.25) is 0 Å². The van der Waals surface area contributed by atoms with Gasteiger partial charge in [-0.3, -0.25) is 4.90 Å². The average molecular weight is 367 g/mol. The van der Waals surface area contributed by atoms with Gasteiger partial charge in [0.15, 0.2) is 0 Å². The van der Waals surface area contributed by atoms with E-state index in [1.54, 1.807) is 0 Å². The van der Waals surface area contributed by atoms with E-state index in [1.807, 2.05) is 12.4 Å². The highest BCUT2D eigenvalue weighted by Crippen LogP contribution is 2.12. The maximum Gasteiger partial charge on any atom is 0.230 e. The monoisotopic (exact) mass is 366 g/mol. The van der Waals surface area contributed by atoms with Gasteiger partial charge in [0, 0.05) is 6.08 Å². The summed E-state index contributed by atoms with van der Waals surface area (Å²) in [4.78, 5) is 5.50. The van der Waals surface area contributed by atoms with E-state index < -0.39 is 0 Å². The summed E-state index contributed by atoms with van der Waals surface area (Å²) in [6.45, 7) is 3.19. The van der Waals surface area contributed by atoms with Crippen LogP contribution in [0.5, 0.6) is 0 Å². The van der Waals surface area contributed by atoms with Gasteiger partial charge < -0.3 is 10.6 Å². The van der Waals surface area contributed by atoms with Crippen molar-refractivity contribution in [3.05, 3.63) is 24.6 Å². The molecule has 3 N–H and O–H groups in total. The van der Waals surface area contributed by atoms with Crippen LogP contribution in [0.15, 0.2) is 29.5 Å². The molecule has 0 aromatic rings. The topological polar surface area (TPSA) is 67.0 Å². The van der Waals surface area contributed by atoms with Crippen LogP contribution in [0.1, 0.15) is 96.8 Å². The quantitative estimate of drug-likeness (QED) is 0.369. The molecular formula is C22H42N2O2. The van der Waals surface area contributed by atoms with Crippen LogP contribution in [0.3, 0.4) is 0 Å². The number of rotatable bonds is 17. The van der Waals surface area contributed by atoms with Gasteiger partial charge in [0.1, 0.15) is 12.7 Å². The number of nitrogens with zero attached hydrogens (tertiary/aromatic N) is 1. The Hall–Kier alpha value is -0.970. The molecule has 0 saturated carbocycles. The molecule has 0 bridgehead atoms. The molecule has 0 spiro atoms. The summed E-state index contributed by atoms with van der Waals surface area (Å²) >= 11 is 0. The van der Waals surface area contributed by atoms with Gasteiger partial charge in [0.2, 0.25) is 5.84 Å². The fourth-order valence-electron chi connectivity index (χ4n) is 3.33. The Kier molecular flexibility index (Phi) is 18.1. The van der Waals surface area contributed by atoms with Crippen LogP contribution < -0.4 is 4.90 Å². The summed E-state index contributed by atoms with van der Waals surface area (Å²) < 4.78 is 0. The predicted molar refractivity (Wildman–Crippen MR) is 111 cm³/mol. The largest absolute Gasteiger partial charge is 0.870 e. The van der Waals surface area contributed by atoms with E-state index in [9.17, 15) is 0 Å². The van der Waals surface area contributed by atoms with E-state index in [4.69, 9.17) is 5.11 Å². The van der Waals surface area contributed by atoms with Crippen LogP contribution in [0.25, 0.3) is 0 Å². The first-order chi connectivity index (χ1) is 12.4. The molecule has 4 heteroatoms. The molecule has 0 aliphatic carbocycles. The van der Waals surface area contributed by atoms with Gasteiger partial charge in [-0.2, -0.15) is 4.99 Å². The van der Waals surface area contributed by atoms with Crippen LogP contribution in [-0.2, 0) is 0 Å². The molecule has 4 nitrogen and oxygen atoms in total. The molecule has 0 fully saturated rings. The molecule has 0 aromatic carbocycles. The lowest BCUT2D eigenvalue weighted by molar-refractivity contribution is -0.743. The van der Waals surface area contributed by atoms with Gasteiger partial charge in [0.05, 0.1) is 12.8 Å². The molecule has 1 atom stereocenters. The minimum atomic E-state index is 0. The summed E-state index contributed by atoms with van der Waals surface area (Å²) in [5.41, 5.74) is 0. The first kappa shape index (κ1) is 25.0. The van der Waals surface area contributed by atoms with E-state index in [1.165, 1.54) is 83.5 Å². The number of quaternary nitrogens is 1. The third-order valence-corrected chi connectivity index (χ3v) is 4.95. The van der Waals surface area contributed by atoms with Crippen molar-refractivity contribution in [1.29, 1.82) is 0 Å². The maximum absolute atomic E-state index is 9.01. The molecule has 26 heavy (non-hydrogen) atoms. The Morgan fingerprint density at radius 3 is 1.96 bits per heavy atom. The molecule has 1 aliphatic rings. The number of hydrogen-bond acceptors (Lipinski definition) is 3. The second-order valence-corrected chi connectivity index (χ2v) is 7.26. The summed E-state index contributed by atoms with van der Waals surface area (Å²) in [5.74, 6) is 1.03. The minimum Gasteiger partial charge on any atom is -0.870 e. The van der Waals surface area contributed by atoms with Crippen LogP contribution in [0, 0.1) is 0 Å². The minimum absolute atomic E-state index is 0. The maximum atomic E-state index is 9.01. The van der Waals surface area contributed by atoms with Crippen LogP contribution in [-0.4, -0.2) is 29.6 Å². The van der Waals surface area contributed by atoms with Crippen molar-refractivity contribution in [2.24, 2.45) is 4.99 Å². The predicted octanol–water partition coefficient (Wildman–Crippen LogP) is 4.61. The van der Waals surface area contributed by atoms with E-state index in [0.717, 1.165) is 17.2 Å². The second kappa shape index (κ2) is 18.8. The second-order valence-electron chi connectivity index (χ2n) is 7.26. The van der Waals surface area contributed by atoms with Crippen molar-refractivity contribution in [1.82, 2.24) is 0 Å². The SMILES string of the molecule is CCCCCCCCCCCCCCCC=CC1=NC=C[NH+]1CCO.[OH-]. The van der Waals surface area contributed by atoms with Crippen molar-refractivity contribution in [3.8, 4) is 0 Å². The molecule has 0 amide bonds. The lowest BCUT2D eigenvalue weighted by Crippen LogP contribution is -3.09. The fraction of sp³-hybridized carbons (Fsp3) is 0.773. The number of aliphatic hydroxyl groups excluding tert-OH is 1. The molecule has 152 valence electrons. The van der Waals surface area contributed by atoms with Gasteiger partial charge in [0.25, 0.3) is 0 Å². The summed E-state index contributed by atoms with van der Waals surface area (Å²) in [5, 5.41) is 9.01. The summed E-state index contributed by atoms with van der Waals surface area (Å²) in [6, 6.07) is 0. The number of amidine groups is 1. The van der Waals surface area contributed by atoms with Gasteiger partial charge in [-0.1, -0.05) is 90.0 Å². The average Bonchev–Trinajstić information content (AvgIpc) is 3.06. The van der Waals surface area contributed by atoms with Crippen LogP contribution >= 0.6 is 0 Å². The number of unbranched alkanes of at least 4 members (excludes halogenated alkanes) is 13. The number of aliphatic hydroxyl groups is 1. The molecule has 0 saturated heterocycles. The molecular weight excluding hydrogens is 324 g/mol. The molecule has 0 radical (unpaired) electrons. The number of nitrogens with one attached hydrogen (secondary N) is 1. The number of aliphatic imine (C=N–C) groups is 1. The van der Waals surface area contributed by atoms with Crippen molar-refractivity contribution >= 4 is 5.84 Å². The first-order valence-electron chi connectivity index (χ1n) is 10.8. The highest BCUT2D eigenvalue weighted by Gasteiger charge is 2.14. The molecule has 0 aromatic heterocycles. The van der Waals surface area contributed by atoms with Crippen molar-refractivity contribution in [2.75, 3.05) is 13.2 Å². The van der Waals surface area contributed by atoms with Crippen molar-refractivity contribution in [2.45, 2.75) is 96.8 Å².